The average Bonchev–Trinajstić information content (AvgIpc) is 1.97. The molecular formula is C8H5BrClN. The Morgan fingerprint density at radius 1 is 1.55 bits per heavy atom. The van der Waals surface area contributed by atoms with Gasteiger partial charge in [0.2, 0.25) is 0 Å². The predicted octanol–water partition coefficient (Wildman–Crippen LogP) is 3.28. The number of hydrogen-bond donors (Lipinski definition) is 0. The lowest BCUT2D eigenvalue weighted by molar-refractivity contribution is 1.39. The highest BCUT2D eigenvalue weighted by atomic mass is 79.9. The summed E-state index contributed by atoms with van der Waals surface area (Å²) in [6.07, 6.45) is 0. The van der Waals surface area contributed by atoms with Crippen LogP contribution in [-0.2, 0) is 0 Å². The fourth-order valence-corrected chi connectivity index (χ4v) is 1.42. The Morgan fingerprint density at radius 2 is 2.18 bits per heavy atom. The molecule has 0 amide bonds. The highest BCUT2D eigenvalue weighted by molar-refractivity contribution is 9.10. The predicted molar refractivity (Wildman–Crippen MR) is 48.6 cm³/mol. The van der Waals surface area contributed by atoms with E-state index in [1.165, 1.54) is 0 Å². The third-order valence-corrected chi connectivity index (χ3v) is 2.54. The second-order valence-corrected chi connectivity index (χ2v) is 3.45. The van der Waals surface area contributed by atoms with Crippen LogP contribution in [0.15, 0.2) is 16.6 Å². The number of rotatable bonds is 0. The van der Waals surface area contributed by atoms with E-state index in [2.05, 4.69) is 15.9 Å². The third kappa shape index (κ3) is 1.74. The zero-order valence-corrected chi connectivity index (χ0v) is 8.20. The molecule has 0 atom stereocenters. The van der Waals surface area contributed by atoms with Gasteiger partial charge in [0.25, 0.3) is 0 Å². The number of hydrogen-bond acceptors (Lipinski definition) is 1. The van der Waals surface area contributed by atoms with Gasteiger partial charge in [0.05, 0.1) is 10.6 Å². The molecule has 11 heavy (non-hydrogen) atoms. The Morgan fingerprint density at radius 3 is 2.73 bits per heavy atom. The molecule has 0 spiro atoms. The van der Waals surface area contributed by atoms with Crippen LogP contribution in [-0.4, -0.2) is 0 Å². The molecule has 0 saturated carbocycles. The van der Waals surface area contributed by atoms with Gasteiger partial charge in [-0.2, -0.15) is 5.26 Å². The third-order valence-electron chi connectivity index (χ3n) is 1.37. The molecule has 0 heterocycles. The monoisotopic (exact) mass is 229 g/mol. The number of nitrogens with zero attached hydrogens (tertiary/aromatic N) is 1. The minimum Gasteiger partial charge on any atom is -0.192 e. The van der Waals surface area contributed by atoms with Crippen LogP contribution < -0.4 is 0 Å². The van der Waals surface area contributed by atoms with Gasteiger partial charge in [-0.1, -0.05) is 27.5 Å². The Balaban J connectivity index is 3.35. The minimum atomic E-state index is 0.491. The van der Waals surface area contributed by atoms with Gasteiger partial charge in [-0.05, 0) is 24.6 Å². The van der Waals surface area contributed by atoms with Gasteiger partial charge in [0.15, 0.2) is 0 Å². The molecule has 0 aliphatic rings. The summed E-state index contributed by atoms with van der Waals surface area (Å²) in [5, 5.41) is 9.07. The summed E-state index contributed by atoms with van der Waals surface area (Å²) in [6.45, 7) is 1.92. The second-order valence-electron chi connectivity index (χ2n) is 2.19. The van der Waals surface area contributed by atoms with E-state index < -0.39 is 0 Å². The molecule has 0 aliphatic heterocycles. The van der Waals surface area contributed by atoms with Crippen LogP contribution in [0, 0.1) is 18.3 Å². The minimum absolute atomic E-state index is 0.491. The van der Waals surface area contributed by atoms with E-state index >= 15 is 0 Å². The number of aryl methyl sites for hydroxylation is 1. The zero-order valence-electron chi connectivity index (χ0n) is 5.86. The molecule has 0 aromatic heterocycles. The zero-order chi connectivity index (χ0) is 8.43. The van der Waals surface area contributed by atoms with E-state index in [1.54, 1.807) is 12.1 Å². The van der Waals surface area contributed by atoms with Crippen LogP contribution in [0.25, 0.3) is 0 Å². The van der Waals surface area contributed by atoms with Gasteiger partial charge in [-0.15, -0.1) is 0 Å². The largest absolute Gasteiger partial charge is 0.192 e. The van der Waals surface area contributed by atoms with Crippen LogP contribution >= 0.6 is 27.5 Å². The van der Waals surface area contributed by atoms with Gasteiger partial charge in [0.1, 0.15) is 6.07 Å². The van der Waals surface area contributed by atoms with Crippen LogP contribution in [0.1, 0.15) is 11.1 Å². The maximum absolute atomic E-state index is 8.58. The second kappa shape index (κ2) is 3.25. The van der Waals surface area contributed by atoms with Crippen molar-refractivity contribution in [1.29, 1.82) is 5.26 Å². The van der Waals surface area contributed by atoms with Crippen molar-refractivity contribution >= 4 is 27.5 Å². The first-order valence-corrected chi connectivity index (χ1v) is 4.18. The van der Waals surface area contributed by atoms with Gasteiger partial charge < -0.3 is 0 Å². The highest BCUT2D eigenvalue weighted by Crippen LogP contribution is 2.24. The molecule has 56 valence electrons. The van der Waals surface area contributed by atoms with E-state index in [0.717, 1.165) is 10.0 Å². The Labute approximate surface area is 78.7 Å². The summed E-state index contributed by atoms with van der Waals surface area (Å²) in [4.78, 5) is 0. The summed E-state index contributed by atoms with van der Waals surface area (Å²) < 4.78 is 0.932. The molecular weight excluding hydrogens is 225 g/mol. The van der Waals surface area contributed by atoms with E-state index in [0.29, 0.717) is 10.6 Å². The van der Waals surface area contributed by atoms with Crippen molar-refractivity contribution in [3.63, 3.8) is 0 Å². The SMILES string of the molecule is Cc1cc(C#N)c(Cl)cc1Br. The summed E-state index contributed by atoms with van der Waals surface area (Å²) in [5.41, 5.74) is 1.54. The van der Waals surface area contributed by atoms with Crippen LogP contribution in [0.4, 0.5) is 0 Å². The molecule has 0 radical (unpaired) electrons. The first kappa shape index (κ1) is 8.58. The van der Waals surface area contributed by atoms with Crippen molar-refractivity contribution in [2.75, 3.05) is 0 Å². The normalized spacial score (nSPS) is 9.27. The molecule has 0 unspecified atom stereocenters. The molecule has 1 rings (SSSR count). The molecule has 0 fully saturated rings. The van der Waals surface area contributed by atoms with E-state index in [4.69, 9.17) is 16.9 Å². The van der Waals surface area contributed by atoms with Crippen molar-refractivity contribution in [2.45, 2.75) is 6.92 Å². The standard InChI is InChI=1S/C8H5BrClN/c1-5-2-6(4-11)8(10)3-7(5)9/h2-3H,1H3. The summed E-state index contributed by atoms with van der Waals surface area (Å²) in [6, 6.07) is 5.50. The quantitative estimate of drug-likeness (QED) is 0.671. The van der Waals surface area contributed by atoms with Gasteiger partial charge >= 0.3 is 0 Å². The Bertz CT molecular complexity index is 328. The molecule has 0 N–H and O–H groups in total. The molecule has 0 saturated heterocycles. The maximum Gasteiger partial charge on any atom is 0.101 e. The van der Waals surface area contributed by atoms with Gasteiger partial charge in [-0.25, -0.2) is 0 Å². The molecule has 3 heteroatoms. The molecule has 0 bridgehead atoms. The van der Waals surface area contributed by atoms with Gasteiger partial charge in [-0.3, -0.25) is 0 Å². The molecule has 1 nitrogen and oxygen atoms in total. The van der Waals surface area contributed by atoms with Crippen molar-refractivity contribution < 1.29 is 0 Å². The first-order chi connectivity index (χ1) is 5.15. The highest BCUT2D eigenvalue weighted by Gasteiger charge is 2.02. The Kier molecular flexibility index (Phi) is 2.53. The lowest BCUT2D eigenvalue weighted by Gasteiger charge is -1.99. The van der Waals surface area contributed by atoms with Crippen LogP contribution in [0.2, 0.25) is 5.02 Å². The molecule has 1 aromatic carbocycles. The lowest BCUT2D eigenvalue weighted by Crippen LogP contribution is -1.81. The van der Waals surface area contributed by atoms with Crippen molar-refractivity contribution in [1.82, 2.24) is 0 Å². The number of halogens is 2. The Hall–Kier alpha value is -0.520. The van der Waals surface area contributed by atoms with Crippen molar-refractivity contribution in [2.24, 2.45) is 0 Å². The summed E-state index contributed by atoms with van der Waals surface area (Å²) >= 11 is 9.06. The smallest absolute Gasteiger partial charge is 0.101 e. The number of benzene rings is 1. The van der Waals surface area contributed by atoms with E-state index in [-0.39, 0.29) is 0 Å². The number of nitriles is 1. The van der Waals surface area contributed by atoms with E-state index in [9.17, 15) is 0 Å². The molecule has 0 aliphatic carbocycles. The lowest BCUT2D eigenvalue weighted by atomic mass is 10.2. The fourth-order valence-electron chi connectivity index (χ4n) is 0.743. The van der Waals surface area contributed by atoms with Crippen molar-refractivity contribution in [3.05, 3.63) is 32.8 Å². The topological polar surface area (TPSA) is 23.8 Å². The first-order valence-electron chi connectivity index (χ1n) is 3.01. The average molecular weight is 230 g/mol. The van der Waals surface area contributed by atoms with E-state index in [1.807, 2.05) is 13.0 Å². The van der Waals surface area contributed by atoms with Crippen LogP contribution in [0.5, 0.6) is 0 Å². The van der Waals surface area contributed by atoms with Crippen LogP contribution in [0.3, 0.4) is 0 Å². The maximum atomic E-state index is 8.58. The van der Waals surface area contributed by atoms with Gasteiger partial charge in [0, 0.05) is 4.47 Å². The fraction of sp³-hybridized carbons (Fsp3) is 0.125. The summed E-state index contributed by atoms with van der Waals surface area (Å²) in [7, 11) is 0. The molecule has 1 aromatic rings. The van der Waals surface area contributed by atoms with Crippen molar-refractivity contribution in [3.8, 4) is 6.07 Å². The summed E-state index contributed by atoms with van der Waals surface area (Å²) in [5.74, 6) is 0.